The number of hydrogen-bond acceptors (Lipinski definition) is 3. The molecule has 0 bridgehead atoms. The molecule has 3 nitrogen and oxygen atoms in total. The van der Waals surface area contributed by atoms with E-state index in [9.17, 15) is 4.57 Å². The second kappa shape index (κ2) is 4.44. The van der Waals surface area contributed by atoms with Gasteiger partial charge < -0.3 is 8.43 Å². The van der Waals surface area contributed by atoms with E-state index in [0.29, 0.717) is 0 Å². The van der Waals surface area contributed by atoms with E-state index in [1.165, 1.54) is 0 Å². The van der Waals surface area contributed by atoms with Crippen molar-refractivity contribution >= 4 is 43.9 Å². The van der Waals surface area contributed by atoms with Crippen LogP contribution in [-0.4, -0.2) is 16.6 Å². The van der Waals surface area contributed by atoms with Crippen LogP contribution < -0.4 is 0 Å². The van der Waals surface area contributed by atoms with Crippen molar-refractivity contribution in [2.45, 2.75) is 39.3 Å². The molecule has 0 fully saturated rings. The van der Waals surface area contributed by atoms with Gasteiger partial charge in [0.2, 0.25) is 0 Å². The molecule has 0 rings (SSSR count). The van der Waals surface area contributed by atoms with Crippen LogP contribution >= 0.6 is 27.3 Å². The molecule has 0 atom stereocenters. The van der Waals surface area contributed by atoms with Crippen molar-refractivity contribution in [3.8, 4) is 0 Å². The lowest BCUT2D eigenvalue weighted by molar-refractivity contribution is 0.409. The maximum atomic E-state index is 11.9. The summed E-state index contributed by atoms with van der Waals surface area (Å²) in [7, 11) is -3.53. The van der Waals surface area contributed by atoms with Crippen molar-refractivity contribution in [3.05, 3.63) is 0 Å². The Bertz CT molecular complexity index is 201. The summed E-state index contributed by atoms with van der Waals surface area (Å²) in [4.78, 5) is 0. The predicted molar refractivity (Wildman–Crippen MR) is 70.5 cm³/mol. The lowest BCUT2D eigenvalue weighted by atomic mass is 11.8. The number of halogens is 1. The summed E-state index contributed by atoms with van der Waals surface area (Å²) >= 11 is 1.81. The van der Waals surface area contributed by atoms with Crippen molar-refractivity contribution in [2.75, 3.05) is 0 Å². The van der Waals surface area contributed by atoms with Gasteiger partial charge in [0.15, 0.2) is 16.6 Å². The molecule has 0 amide bonds. The van der Waals surface area contributed by atoms with Gasteiger partial charge in [-0.15, -0.1) is 0 Å². The highest BCUT2D eigenvalue weighted by molar-refractivity contribution is 14.2. The minimum atomic E-state index is -2.84. The van der Waals surface area contributed by atoms with Crippen molar-refractivity contribution < 1.29 is 13.0 Å². The molecule has 0 aliphatic rings. The van der Waals surface area contributed by atoms with Crippen molar-refractivity contribution in [1.82, 2.24) is 0 Å². The molecule has 0 heterocycles. The van der Waals surface area contributed by atoms with Crippen LogP contribution in [0.3, 0.4) is 0 Å². The summed E-state index contributed by atoms with van der Waals surface area (Å²) in [6.07, 6.45) is 0. The Morgan fingerprint density at radius 1 is 0.923 bits per heavy atom. The van der Waals surface area contributed by atoms with Crippen molar-refractivity contribution in [1.29, 1.82) is 0 Å². The van der Waals surface area contributed by atoms with E-state index >= 15 is 0 Å². The fraction of sp³-hybridized carbons (Fsp3) is 1.00. The summed E-state index contributed by atoms with van der Waals surface area (Å²) < 4.78 is 22.8. The molecule has 0 aliphatic heterocycles. The predicted octanol–water partition coefficient (Wildman–Crippen LogP) is 4.23. The first-order valence-corrected chi connectivity index (χ1v) is 15.3. The minimum absolute atomic E-state index is 1.77. The van der Waals surface area contributed by atoms with Crippen LogP contribution in [0.25, 0.3) is 0 Å². The van der Waals surface area contributed by atoms with Gasteiger partial charge in [0.25, 0.3) is 0 Å². The lowest BCUT2D eigenvalue weighted by Crippen LogP contribution is -2.28. The second-order valence-corrected chi connectivity index (χ2v) is 19.2. The van der Waals surface area contributed by atoms with Gasteiger partial charge in [-0.25, -0.2) is 0 Å². The van der Waals surface area contributed by atoms with Crippen molar-refractivity contribution in [3.63, 3.8) is 0 Å². The van der Waals surface area contributed by atoms with Gasteiger partial charge in [0.1, 0.15) is 0 Å². The highest BCUT2D eigenvalue weighted by Gasteiger charge is 2.33. The summed E-state index contributed by atoms with van der Waals surface area (Å²) in [5.74, 6) is 0. The zero-order chi connectivity index (χ0) is 10.9. The molecule has 0 saturated heterocycles. The molecule has 7 heteroatoms. The standard InChI is InChI=1S/C6H18IO3PSi2/c1-12(2,3)9-11(7,8)10-13(4,5)6/h1-6H3. The number of hydrogen-bond donors (Lipinski definition) is 0. The van der Waals surface area contributed by atoms with E-state index in [1.807, 2.05) is 39.3 Å². The molecule has 0 spiro atoms. The third kappa shape index (κ3) is 9.61. The Labute approximate surface area is 95.9 Å². The van der Waals surface area contributed by atoms with E-state index in [0.717, 1.165) is 0 Å². The minimum Gasteiger partial charge on any atom is -0.345 e. The monoisotopic (exact) mass is 352 g/mol. The van der Waals surface area contributed by atoms with Crippen LogP contribution in [0.4, 0.5) is 0 Å². The molecule has 0 aromatic heterocycles. The second-order valence-electron chi connectivity index (χ2n) is 4.84. The first-order chi connectivity index (χ1) is 5.41. The smallest absolute Gasteiger partial charge is 0.345 e. The zero-order valence-electron chi connectivity index (χ0n) is 9.05. The molecule has 0 N–H and O–H groups in total. The third-order valence-corrected chi connectivity index (χ3v) is 10.4. The molecule has 13 heavy (non-hydrogen) atoms. The molecule has 0 aromatic rings. The molecule has 0 radical (unpaired) electrons. The first kappa shape index (κ1) is 14.3. The number of rotatable bonds is 4. The van der Waals surface area contributed by atoms with Crippen LogP contribution in [0.2, 0.25) is 39.3 Å². The molecular formula is C6H18IO3PSi2. The average Bonchev–Trinajstić information content (AvgIpc) is 1.43. The Morgan fingerprint density at radius 2 is 1.15 bits per heavy atom. The van der Waals surface area contributed by atoms with Gasteiger partial charge in [0, 0.05) is 0 Å². The molecule has 0 aliphatic carbocycles. The van der Waals surface area contributed by atoms with Gasteiger partial charge in [-0.2, -0.15) is 0 Å². The van der Waals surface area contributed by atoms with E-state index < -0.39 is 21.9 Å². The van der Waals surface area contributed by atoms with Gasteiger partial charge >= 0.3 is 5.24 Å². The first-order valence-electron chi connectivity index (χ1n) is 4.13. The van der Waals surface area contributed by atoms with Gasteiger partial charge in [-0.05, 0) is 39.3 Å². The van der Waals surface area contributed by atoms with Crippen LogP contribution in [0.1, 0.15) is 0 Å². The van der Waals surface area contributed by atoms with Crippen LogP contribution in [0.5, 0.6) is 0 Å². The fourth-order valence-corrected chi connectivity index (χ4v) is 17.0. The molecule has 0 aromatic carbocycles. The normalized spacial score (nSPS) is 14.7. The quantitative estimate of drug-likeness (QED) is 0.431. The Balaban J connectivity index is 4.35. The van der Waals surface area contributed by atoms with E-state index in [4.69, 9.17) is 8.43 Å². The summed E-state index contributed by atoms with van der Waals surface area (Å²) in [6.45, 7) is 12.0. The topological polar surface area (TPSA) is 35.5 Å². The summed E-state index contributed by atoms with van der Waals surface area (Å²) in [5, 5.41) is -2.84. The molecule has 0 saturated carbocycles. The van der Waals surface area contributed by atoms with E-state index in [1.54, 1.807) is 22.0 Å². The summed E-state index contributed by atoms with van der Waals surface area (Å²) in [5.41, 5.74) is 0. The molecule has 0 unspecified atom stereocenters. The van der Waals surface area contributed by atoms with E-state index in [2.05, 4.69) is 0 Å². The third-order valence-electron chi connectivity index (χ3n) is 0.766. The van der Waals surface area contributed by atoms with Crippen LogP contribution in [0, 0.1) is 0 Å². The maximum absolute atomic E-state index is 11.9. The molecular weight excluding hydrogens is 334 g/mol. The maximum Gasteiger partial charge on any atom is 0.369 e. The summed E-state index contributed by atoms with van der Waals surface area (Å²) in [6, 6.07) is 0. The Hall–Kier alpha value is 1.31. The van der Waals surface area contributed by atoms with Gasteiger partial charge in [-0.3, -0.25) is 4.57 Å². The highest BCUT2D eigenvalue weighted by Crippen LogP contribution is 2.60. The SMILES string of the molecule is C[Si](C)(C)OP(=O)(I)O[Si](C)(C)C. The van der Waals surface area contributed by atoms with Crippen molar-refractivity contribution in [2.24, 2.45) is 0 Å². The van der Waals surface area contributed by atoms with E-state index in [-0.39, 0.29) is 0 Å². The van der Waals surface area contributed by atoms with Gasteiger partial charge in [0.05, 0.1) is 22.0 Å². The highest BCUT2D eigenvalue weighted by atomic mass is 127. The lowest BCUT2D eigenvalue weighted by Gasteiger charge is -2.26. The Morgan fingerprint density at radius 3 is 1.31 bits per heavy atom. The zero-order valence-corrected chi connectivity index (χ0v) is 14.1. The van der Waals surface area contributed by atoms with Crippen LogP contribution in [0.15, 0.2) is 0 Å². The Kier molecular flexibility index (Phi) is 4.89. The van der Waals surface area contributed by atoms with Gasteiger partial charge in [-0.1, -0.05) is 0 Å². The van der Waals surface area contributed by atoms with Crippen LogP contribution in [-0.2, 0) is 13.0 Å². The fourth-order valence-electron chi connectivity index (χ4n) is 0.673. The molecule has 80 valence electrons. The average molecular weight is 352 g/mol. The largest absolute Gasteiger partial charge is 0.369 e.